The number of rotatable bonds is 3. The van der Waals surface area contributed by atoms with Gasteiger partial charge in [0, 0.05) is 31.0 Å². The second kappa shape index (κ2) is 5.93. The molecule has 0 bridgehead atoms. The van der Waals surface area contributed by atoms with Crippen molar-refractivity contribution in [3.8, 4) is 0 Å². The van der Waals surface area contributed by atoms with E-state index < -0.39 is 0 Å². The molecular formula is C14H17BrN4O. The number of hydrogen-bond donors (Lipinski definition) is 0. The van der Waals surface area contributed by atoms with Gasteiger partial charge in [-0.3, -0.25) is 4.68 Å². The molecule has 1 aliphatic heterocycles. The lowest BCUT2D eigenvalue weighted by Gasteiger charge is -2.33. The van der Waals surface area contributed by atoms with Crippen LogP contribution in [0.5, 0.6) is 0 Å². The molecule has 0 aliphatic carbocycles. The number of aryl methyl sites for hydroxylation is 1. The van der Waals surface area contributed by atoms with Crippen molar-refractivity contribution in [3.05, 3.63) is 40.8 Å². The summed E-state index contributed by atoms with van der Waals surface area (Å²) >= 11 is 3.56. The summed E-state index contributed by atoms with van der Waals surface area (Å²) in [4.78, 5) is 6.71. The number of pyridine rings is 1. The third-order valence-electron chi connectivity index (χ3n) is 3.45. The molecule has 0 amide bonds. The molecule has 1 fully saturated rings. The molecule has 2 aromatic heterocycles. The fraction of sp³-hybridized carbons (Fsp3) is 0.429. The van der Waals surface area contributed by atoms with Gasteiger partial charge in [-0.05, 0) is 35.0 Å². The smallest absolute Gasteiger partial charge is 0.143 e. The molecule has 3 heterocycles. The molecule has 106 valence electrons. The highest BCUT2D eigenvalue weighted by atomic mass is 79.9. The second-order valence-electron chi connectivity index (χ2n) is 4.74. The van der Waals surface area contributed by atoms with E-state index >= 15 is 0 Å². The minimum atomic E-state index is 0.0537. The van der Waals surface area contributed by atoms with Crippen LogP contribution in [0.15, 0.2) is 35.2 Å². The molecule has 0 radical (unpaired) electrons. The molecule has 2 aromatic rings. The van der Waals surface area contributed by atoms with Crippen molar-refractivity contribution < 1.29 is 4.74 Å². The van der Waals surface area contributed by atoms with Gasteiger partial charge < -0.3 is 9.64 Å². The first-order valence-corrected chi connectivity index (χ1v) is 7.56. The van der Waals surface area contributed by atoms with Crippen molar-refractivity contribution in [2.24, 2.45) is 0 Å². The van der Waals surface area contributed by atoms with Gasteiger partial charge in [-0.15, -0.1) is 0 Å². The zero-order valence-electron chi connectivity index (χ0n) is 11.4. The van der Waals surface area contributed by atoms with E-state index in [2.05, 4.69) is 44.0 Å². The van der Waals surface area contributed by atoms with Gasteiger partial charge >= 0.3 is 0 Å². The number of morpholine rings is 1. The first-order valence-electron chi connectivity index (χ1n) is 6.77. The highest BCUT2D eigenvalue weighted by Crippen LogP contribution is 2.29. The van der Waals surface area contributed by atoms with Crippen LogP contribution >= 0.6 is 15.9 Å². The van der Waals surface area contributed by atoms with Gasteiger partial charge in [0.25, 0.3) is 0 Å². The van der Waals surface area contributed by atoms with Gasteiger partial charge in [-0.1, -0.05) is 0 Å². The van der Waals surface area contributed by atoms with E-state index in [1.165, 1.54) is 0 Å². The van der Waals surface area contributed by atoms with E-state index in [1.807, 2.05) is 29.2 Å². The molecular weight excluding hydrogens is 320 g/mol. The van der Waals surface area contributed by atoms with Crippen LogP contribution in [0.25, 0.3) is 0 Å². The number of hydrogen-bond acceptors (Lipinski definition) is 4. The van der Waals surface area contributed by atoms with Gasteiger partial charge in [0.15, 0.2) is 0 Å². The minimum Gasteiger partial charge on any atom is -0.370 e. The SMILES string of the molecule is CCn1cc(C2CN(c3ncccc3Br)CCO2)cn1. The van der Waals surface area contributed by atoms with Crippen LogP contribution in [-0.2, 0) is 11.3 Å². The average Bonchev–Trinajstić information content (AvgIpc) is 2.97. The summed E-state index contributed by atoms with van der Waals surface area (Å²) in [6.45, 7) is 5.31. The van der Waals surface area contributed by atoms with Gasteiger partial charge in [0.1, 0.15) is 11.9 Å². The van der Waals surface area contributed by atoms with Crippen LogP contribution in [-0.4, -0.2) is 34.5 Å². The molecule has 6 heteroatoms. The van der Waals surface area contributed by atoms with E-state index in [1.54, 1.807) is 0 Å². The quantitative estimate of drug-likeness (QED) is 0.864. The van der Waals surface area contributed by atoms with E-state index in [0.717, 1.165) is 35.5 Å². The van der Waals surface area contributed by atoms with Crippen LogP contribution in [0.4, 0.5) is 5.82 Å². The predicted octanol–water partition coefficient (Wildman–Crippen LogP) is 2.64. The minimum absolute atomic E-state index is 0.0537. The van der Waals surface area contributed by atoms with Crippen molar-refractivity contribution in [2.45, 2.75) is 19.6 Å². The topological polar surface area (TPSA) is 43.2 Å². The first-order chi connectivity index (χ1) is 9.78. The van der Waals surface area contributed by atoms with Gasteiger partial charge in [-0.2, -0.15) is 5.10 Å². The Morgan fingerprint density at radius 1 is 1.50 bits per heavy atom. The van der Waals surface area contributed by atoms with Crippen LogP contribution in [0.2, 0.25) is 0 Å². The van der Waals surface area contributed by atoms with Crippen LogP contribution in [0.3, 0.4) is 0 Å². The lowest BCUT2D eigenvalue weighted by Crippen LogP contribution is -2.39. The largest absolute Gasteiger partial charge is 0.370 e. The Hall–Kier alpha value is -1.40. The van der Waals surface area contributed by atoms with Crippen molar-refractivity contribution in [3.63, 3.8) is 0 Å². The van der Waals surface area contributed by atoms with Crippen molar-refractivity contribution >= 4 is 21.7 Å². The lowest BCUT2D eigenvalue weighted by atomic mass is 10.1. The molecule has 1 atom stereocenters. The van der Waals surface area contributed by atoms with Crippen molar-refractivity contribution in [1.29, 1.82) is 0 Å². The summed E-state index contributed by atoms with van der Waals surface area (Å²) in [7, 11) is 0. The molecule has 1 aliphatic rings. The summed E-state index contributed by atoms with van der Waals surface area (Å²) < 4.78 is 8.82. The molecule has 0 spiro atoms. The number of aromatic nitrogens is 3. The van der Waals surface area contributed by atoms with E-state index in [-0.39, 0.29) is 6.10 Å². The zero-order valence-corrected chi connectivity index (χ0v) is 13.0. The molecule has 3 rings (SSSR count). The fourth-order valence-electron chi connectivity index (χ4n) is 2.37. The normalized spacial score (nSPS) is 19.3. The third kappa shape index (κ3) is 2.71. The molecule has 5 nitrogen and oxygen atoms in total. The molecule has 20 heavy (non-hydrogen) atoms. The fourth-order valence-corrected chi connectivity index (χ4v) is 2.88. The first kappa shape index (κ1) is 13.6. The Bertz CT molecular complexity index is 586. The van der Waals surface area contributed by atoms with Crippen molar-refractivity contribution in [2.75, 3.05) is 24.6 Å². The van der Waals surface area contributed by atoms with E-state index in [0.29, 0.717) is 6.61 Å². The number of ether oxygens (including phenoxy) is 1. The monoisotopic (exact) mass is 336 g/mol. The molecule has 0 N–H and O–H groups in total. The third-order valence-corrected chi connectivity index (χ3v) is 4.07. The van der Waals surface area contributed by atoms with E-state index in [9.17, 15) is 0 Å². The Morgan fingerprint density at radius 3 is 3.15 bits per heavy atom. The second-order valence-corrected chi connectivity index (χ2v) is 5.60. The molecule has 1 saturated heterocycles. The average molecular weight is 337 g/mol. The van der Waals surface area contributed by atoms with Gasteiger partial charge in [0.2, 0.25) is 0 Å². The molecule has 0 aromatic carbocycles. The van der Waals surface area contributed by atoms with Gasteiger partial charge in [-0.25, -0.2) is 4.98 Å². The maximum atomic E-state index is 5.88. The number of anilines is 1. The summed E-state index contributed by atoms with van der Waals surface area (Å²) in [5.41, 5.74) is 1.13. The van der Waals surface area contributed by atoms with Crippen LogP contribution < -0.4 is 4.90 Å². The lowest BCUT2D eigenvalue weighted by molar-refractivity contribution is 0.0394. The van der Waals surface area contributed by atoms with E-state index in [4.69, 9.17) is 4.74 Å². The van der Waals surface area contributed by atoms with Gasteiger partial charge in [0.05, 0.1) is 23.8 Å². The predicted molar refractivity (Wildman–Crippen MR) is 80.7 cm³/mol. The Morgan fingerprint density at radius 2 is 2.40 bits per heavy atom. The standard InChI is InChI=1S/C14H17BrN4O/c1-2-19-9-11(8-17-19)13-10-18(6-7-20-13)14-12(15)4-3-5-16-14/h3-5,8-9,13H,2,6-7,10H2,1H3. The summed E-state index contributed by atoms with van der Waals surface area (Å²) in [6, 6.07) is 3.94. The van der Waals surface area contributed by atoms with Crippen LogP contribution in [0, 0.1) is 0 Å². The number of halogens is 1. The molecule has 0 saturated carbocycles. The summed E-state index contributed by atoms with van der Waals surface area (Å²) in [5, 5.41) is 4.32. The Kier molecular flexibility index (Phi) is 4.03. The Balaban J connectivity index is 1.78. The molecule has 1 unspecified atom stereocenters. The highest BCUT2D eigenvalue weighted by Gasteiger charge is 2.24. The maximum absolute atomic E-state index is 5.88. The number of nitrogens with zero attached hydrogens (tertiary/aromatic N) is 4. The van der Waals surface area contributed by atoms with Crippen molar-refractivity contribution in [1.82, 2.24) is 14.8 Å². The maximum Gasteiger partial charge on any atom is 0.143 e. The van der Waals surface area contributed by atoms with Crippen LogP contribution in [0.1, 0.15) is 18.6 Å². The Labute approximate surface area is 126 Å². The summed E-state index contributed by atoms with van der Waals surface area (Å²) in [5.74, 6) is 0.976. The highest BCUT2D eigenvalue weighted by molar-refractivity contribution is 9.10. The zero-order chi connectivity index (χ0) is 13.9. The summed E-state index contributed by atoms with van der Waals surface area (Å²) in [6.07, 6.45) is 5.82.